The number of hydrogen-bond acceptors (Lipinski definition) is 4. The molecule has 0 aliphatic heterocycles. The van der Waals surface area contributed by atoms with Crippen molar-refractivity contribution in [3.63, 3.8) is 0 Å². The van der Waals surface area contributed by atoms with Gasteiger partial charge in [-0.1, -0.05) is 5.11 Å². The molecule has 0 bridgehead atoms. The molecule has 152 valence electrons. The lowest BCUT2D eigenvalue weighted by atomic mass is 10.2. The van der Waals surface area contributed by atoms with E-state index in [2.05, 4.69) is 19.5 Å². The zero-order valence-electron chi connectivity index (χ0n) is 14.0. The first-order valence-electron chi connectivity index (χ1n) is 7.43. The van der Waals surface area contributed by atoms with Gasteiger partial charge in [-0.15, -0.1) is 0 Å². The molecule has 28 heavy (non-hydrogen) atoms. The van der Waals surface area contributed by atoms with E-state index in [0.29, 0.717) is 5.56 Å². The summed E-state index contributed by atoms with van der Waals surface area (Å²) in [7, 11) is 0. The fourth-order valence-corrected chi connectivity index (χ4v) is 1.91. The second-order valence-corrected chi connectivity index (χ2v) is 4.94. The largest absolute Gasteiger partial charge is 0.435 e. The molecule has 0 aliphatic carbocycles. The van der Waals surface area contributed by atoms with Crippen molar-refractivity contribution in [1.82, 2.24) is 0 Å². The summed E-state index contributed by atoms with van der Waals surface area (Å²) in [6.45, 7) is -6.00. The number of halogens is 6. The number of rotatable bonds is 7. The molecule has 0 aromatic heterocycles. The van der Waals surface area contributed by atoms with Gasteiger partial charge in [0.25, 0.3) is 0 Å². The Morgan fingerprint density at radius 1 is 0.857 bits per heavy atom. The first-order valence-corrected chi connectivity index (χ1v) is 7.43. The molecule has 12 heteroatoms. The molecule has 0 amide bonds. The maximum atomic E-state index is 12.8. The molecule has 0 spiro atoms. The average molecular weight is 408 g/mol. The van der Waals surface area contributed by atoms with Gasteiger partial charge in [0.2, 0.25) is 0 Å². The molecule has 0 atom stereocenters. The summed E-state index contributed by atoms with van der Waals surface area (Å²) in [5.74, 6) is -1.88. The van der Waals surface area contributed by atoms with Gasteiger partial charge < -0.3 is 15.2 Å². The van der Waals surface area contributed by atoms with Crippen LogP contribution in [0, 0.1) is 11.6 Å². The zero-order valence-corrected chi connectivity index (χ0v) is 14.0. The first-order chi connectivity index (χ1) is 13.2. The Bertz CT molecular complexity index is 816. The Morgan fingerprint density at radius 3 is 1.75 bits per heavy atom. The van der Waals surface area contributed by atoms with E-state index in [4.69, 9.17) is 11.3 Å². The van der Waals surface area contributed by atoms with Crippen LogP contribution in [-0.4, -0.2) is 13.2 Å². The van der Waals surface area contributed by atoms with E-state index in [9.17, 15) is 26.3 Å². The Morgan fingerprint density at radius 2 is 1.32 bits per heavy atom. The Kier molecular flexibility index (Phi) is 9.48. The maximum absolute atomic E-state index is 12.8. The molecule has 0 saturated carbocycles. The highest BCUT2D eigenvalue weighted by molar-refractivity contribution is 5.30. The van der Waals surface area contributed by atoms with Crippen molar-refractivity contribution in [2.45, 2.75) is 26.3 Å². The number of nitrogens with two attached hydrogens (primary N) is 1. The minimum Gasteiger partial charge on any atom is -0.435 e. The van der Waals surface area contributed by atoms with Gasteiger partial charge in [-0.2, -0.15) is 17.6 Å². The highest BCUT2D eigenvalue weighted by Gasteiger charge is 2.07. The number of alkyl halides is 4. The maximum Gasteiger partial charge on any atom is 0.387 e. The van der Waals surface area contributed by atoms with Gasteiger partial charge in [-0.3, -0.25) is 0 Å². The fraction of sp³-hybridized carbons (Fsp3) is 0.250. The number of benzene rings is 2. The quantitative estimate of drug-likeness (QED) is 0.298. The van der Waals surface area contributed by atoms with Crippen LogP contribution in [0.1, 0.15) is 11.1 Å². The predicted molar refractivity (Wildman–Crippen MR) is 86.8 cm³/mol. The predicted octanol–water partition coefficient (Wildman–Crippen LogP) is 5.12. The fourth-order valence-electron chi connectivity index (χ4n) is 1.91. The highest BCUT2D eigenvalue weighted by Crippen LogP contribution is 2.19. The lowest BCUT2D eigenvalue weighted by molar-refractivity contribution is -0.0507. The molecule has 0 saturated heterocycles. The van der Waals surface area contributed by atoms with Gasteiger partial charge in [0, 0.05) is 23.6 Å². The standard InChI is InChI=1S/C8H6F3N3O.C8H8F3NO/c9-6-1-5(4-13-14-12)2-7(3-6)15-8(10)11;9-6-1-5(4-12)2-7(3-6)13-8(10)11/h1-3,8H,4H2;1-3,8H,4,12H2. The first kappa shape index (κ1) is 22.9. The summed E-state index contributed by atoms with van der Waals surface area (Å²) in [6.07, 6.45) is 0. The van der Waals surface area contributed by atoms with Gasteiger partial charge >= 0.3 is 13.2 Å². The molecule has 0 aliphatic rings. The SMILES string of the molecule is NCc1cc(F)cc(OC(F)F)c1.[N-]=[N+]=NCc1cc(F)cc(OC(F)F)c1. The number of azide groups is 1. The Hall–Kier alpha value is -3.11. The second-order valence-electron chi connectivity index (χ2n) is 4.94. The van der Waals surface area contributed by atoms with Crippen LogP contribution in [0.2, 0.25) is 0 Å². The molecule has 0 radical (unpaired) electrons. The van der Waals surface area contributed by atoms with Crippen LogP contribution in [0.5, 0.6) is 11.5 Å². The minimum absolute atomic E-state index is 0.0807. The van der Waals surface area contributed by atoms with Crippen LogP contribution >= 0.6 is 0 Å². The number of hydrogen-bond donors (Lipinski definition) is 1. The molecule has 2 aromatic carbocycles. The van der Waals surface area contributed by atoms with Crippen molar-refractivity contribution < 1.29 is 35.8 Å². The van der Waals surface area contributed by atoms with Crippen LogP contribution in [0.4, 0.5) is 26.3 Å². The summed E-state index contributed by atoms with van der Waals surface area (Å²) in [5, 5.41) is 3.17. The van der Waals surface area contributed by atoms with Crippen molar-refractivity contribution >= 4 is 0 Å². The lowest BCUT2D eigenvalue weighted by Crippen LogP contribution is -2.04. The van der Waals surface area contributed by atoms with Crippen LogP contribution in [0.3, 0.4) is 0 Å². The molecule has 6 nitrogen and oxygen atoms in total. The van der Waals surface area contributed by atoms with E-state index >= 15 is 0 Å². The van der Waals surface area contributed by atoms with Crippen molar-refractivity contribution in [3.05, 3.63) is 69.6 Å². The van der Waals surface area contributed by atoms with Crippen molar-refractivity contribution in [2.75, 3.05) is 0 Å². The zero-order chi connectivity index (χ0) is 21.1. The van der Waals surface area contributed by atoms with Gasteiger partial charge in [-0.25, -0.2) is 8.78 Å². The molecule has 0 heterocycles. The van der Waals surface area contributed by atoms with E-state index in [1.165, 1.54) is 18.2 Å². The van der Waals surface area contributed by atoms with E-state index in [0.717, 1.165) is 18.2 Å². The van der Waals surface area contributed by atoms with Gasteiger partial charge in [-0.05, 0) is 40.9 Å². The topological polar surface area (TPSA) is 93.2 Å². The lowest BCUT2D eigenvalue weighted by Gasteiger charge is -2.05. The molecule has 0 fully saturated rings. The van der Waals surface area contributed by atoms with E-state index in [-0.39, 0.29) is 30.2 Å². The molecule has 2 aromatic rings. The molecule has 2 N–H and O–H groups in total. The van der Waals surface area contributed by atoms with Crippen LogP contribution < -0.4 is 15.2 Å². The smallest absolute Gasteiger partial charge is 0.387 e. The summed E-state index contributed by atoms with van der Waals surface area (Å²) in [6, 6.07) is 6.40. The monoisotopic (exact) mass is 408 g/mol. The van der Waals surface area contributed by atoms with Gasteiger partial charge in [0.1, 0.15) is 23.1 Å². The highest BCUT2D eigenvalue weighted by atomic mass is 19.3. The van der Waals surface area contributed by atoms with Crippen LogP contribution in [0.15, 0.2) is 41.5 Å². The molecule has 0 unspecified atom stereocenters. The van der Waals surface area contributed by atoms with Gasteiger partial charge in [0.15, 0.2) is 0 Å². The summed E-state index contributed by atoms with van der Waals surface area (Å²) in [4.78, 5) is 2.46. The number of nitrogens with zero attached hydrogens (tertiary/aromatic N) is 3. The van der Waals surface area contributed by atoms with E-state index in [1.54, 1.807) is 0 Å². The molecular weight excluding hydrogens is 394 g/mol. The van der Waals surface area contributed by atoms with Crippen molar-refractivity contribution in [1.29, 1.82) is 0 Å². The second kappa shape index (κ2) is 11.6. The van der Waals surface area contributed by atoms with Gasteiger partial charge in [0.05, 0.1) is 6.54 Å². The average Bonchev–Trinajstić information content (AvgIpc) is 2.58. The summed E-state index contributed by atoms with van der Waals surface area (Å²) in [5.41, 5.74) is 13.9. The number of ether oxygens (including phenoxy) is 2. The Balaban J connectivity index is 0.000000283. The third-order valence-corrected chi connectivity index (χ3v) is 2.86. The minimum atomic E-state index is -3.01. The van der Waals surface area contributed by atoms with E-state index in [1.807, 2.05) is 0 Å². The third-order valence-electron chi connectivity index (χ3n) is 2.86. The van der Waals surface area contributed by atoms with Crippen LogP contribution in [-0.2, 0) is 13.1 Å². The van der Waals surface area contributed by atoms with Crippen molar-refractivity contribution in [3.8, 4) is 11.5 Å². The van der Waals surface area contributed by atoms with Crippen molar-refractivity contribution in [2.24, 2.45) is 10.8 Å². The molecular formula is C16H14F6N4O2. The van der Waals surface area contributed by atoms with Crippen LogP contribution in [0.25, 0.3) is 10.4 Å². The summed E-state index contributed by atoms with van der Waals surface area (Å²) >= 11 is 0. The normalized spacial score (nSPS) is 10.2. The molecule has 2 rings (SSSR count). The summed E-state index contributed by atoms with van der Waals surface area (Å²) < 4.78 is 80.6. The van der Waals surface area contributed by atoms with E-state index < -0.39 is 24.9 Å². The third kappa shape index (κ3) is 9.01. The Labute approximate surface area is 155 Å².